The van der Waals surface area contributed by atoms with E-state index in [1.165, 1.54) is 70.6 Å². The number of aromatic amines is 4. The third-order valence-electron chi connectivity index (χ3n) is 27.0. The number of fused-ring (bicyclic) bond motifs is 4. The van der Waals surface area contributed by atoms with Gasteiger partial charge in [0.25, 0.3) is 29.6 Å². The van der Waals surface area contributed by atoms with Gasteiger partial charge in [-0.05, 0) is 238 Å². The molecule has 23 rings (SSSR count). The molecule has 0 radical (unpaired) electrons. The van der Waals surface area contributed by atoms with Crippen LogP contribution in [0, 0.1) is 0 Å². The first-order valence-electron chi connectivity index (χ1n) is 48.2. The number of aliphatic hydroxyl groups is 1. The van der Waals surface area contributed by atoms with Crippen molar-refractivity contribution in [2.75, 3.05) is 137 Å². The lowest BCUT2D eigenvalue weighted by molar-refractivity contribution is -0.0566. The molecule has 33 heteroatoms. The average molecular weight is 1870 g/mol. The summed E-state index contributed by atoms with van der Waals surface area (Å²) in [6.45, 7) is 14.4. The monoisotopic (exact) mass is 1860 g/mol. The topological polar surface area (TPSA) is 364 Å². The van der Waals surface area contributed by atoms with Crippen LogP contribution >= 0.6 is 0 Å². The van der Waals surface area contributed by atoms with Crippen molar-refractivity contribution in [2.45, 2.75) is 121 Å². The van der Waals surface area contributed by atoms with Crippen molar-refractivity contribution in [2.24, 2.45) is 0 Å². The number of nitrogens with zero attached hydrogens (tertiary/aromatic N) is 18. The molecule has 7 saturated heterocycles. The molecule has 7 fully saturated rings. The van der Waals surface area contributed by atoms with Crippen molar-refractivity contribution in [3.63, 3.8) is 0 Å². The van der Waals surface area contributed by atoms with Gasteiger partial charge in [0.05, 0.1) is 87.6 Å². The summed E-state index contributed by atoms with van der Waals surface area (Å²) in [7, 11) is 0. The van der Waals surface area contributed by atoms with Crippen LogP contribution in [0.2, 0.25) is 0 Å². The Bertz CT molecular complexity index is 6990. The van der Waals surface area contributed by atoms with E-state index < -0.39 is 5.92 Å². The molecule has 4 amide bonds. The van der Waals surface area contributed by atoms with Gasteiger partial charge in [-0.2, -0.15) is 20.4 Å². The van der Waals surface area contributed by atoms with E-state index in [1.54, 1.807) is 31.0 Å². The number of piperidine rings is 3. The molecule has 7 aliphatic heterocycles. The van der Waals surface area contributed by atoms with Gasteiger partial charge >= 0.3 is 0 Å². The number of anilines is 9. The first kappa shape index (κ1) is 91.4. The van der Waals surface area contributed by atoms with Crippen LogP contribution in [0.4, 0.5) is 60.4 Å². The molecule has 0 saturated carbocycles. The number of halogens is 2. The molecule has 0 spiro atoms. The van der Waals surface area contributed by atoms with Crippen molar-refractivity contribution in [1.82, 2.24) is 85.5 Å². The molecule has 5 aromatic carbocycles. The summed E-state index contributed by atoms with van der Waals surface area (Å²) in [4.78, 5) is 99.3. The quantitative estimate of drug-likeness (QED) is 0.0323. The van der Waals surface area contributed by atoms with E-state index in [-0.39, 0.29) is 42.6 Å². The fourth-order valence-corrected chi connectivity index (χ4v) is 19.3. The predicted octanol–water partition coefficient (Wildman–Crippen LogP) is 18.3. The Morgan fingerprint density at radius 1 is 0.317 bits per heavy atom. The number of carbonyl (C=O) groups excluding carboxylic acids is 4. The van der Waals surface area contributed by atoms with Gasteiger partial charge in [0, 0.05) is 204 Å². The van der Waals surface area contributed by atoms with Crippen LogP contribution in [0.3, 0.4) is 0 Å². The number of hydrogen-bond acceptors (Lipinski definition) is 23. The highest BCUT2D eigenvalue weighted by atomic mass is 19.3. The highest BCUT2D eigenvalue weighted by Crippen LogP contribution is 2.37. The van der Waals surface area contributed by atoms with Crippen LogP contribution in [-0.2, 0) is 13.1 Å². The molecule has 139 heavy (non-hydrogen) atoms. The standard InChI is InChI=1S/C28H29F2N7O.C27H29N7O.C26H27N7O.C25H25N5O2/c29-28(30)7-11-36(12-8-28)18-19-13-21(16-31-15-19)20-3-5-24-23(14-20)26(35-34-24)27(38)33-22-4-6-25(32-17-22)37-9-1-2-10-37;35-27(30-21-7-9-25(29-17-21)34-12-4-5-13-34)26-23-15-19(6-8-24(23)31-32-26)20-14-22(18-28-16-20)33-10-2-1-3-11-33;34-26(29-20-6-8-24(28-16-20)33-11-3-4-12-33)25-22-14-18(5-7-23(22)30-31-25)19-13-21(17-27-15-19)32-9-1-2-10-32;31-21-8-10-30(11-9-21)16-17-12-19(15-26-14-17)18-6-7-23-22(13-18)24(29-28-23)25(32)27-20-4-2-1-3-5-20/h3-6,13-17H,1-2,7-12,18H2,(H,33,38)(H,34,35);6-9,14-18H,1-5,10-13H2,(H,30,35)(H,31,32);5-8,13-17H,1-4,9-12H2,(H,29,34)(H,30,31);1-7,12-15,21,31H,8-11,16H2,(H,27,32)(H,28,29). The first-order valence-corrected chi connectivity index (χ1v) is 48.2. The third-order valence-corrected chi connectivity index (χ3v) is 27.0. The second-order valence-corrected chi connectivity index (χ2v) is 36.7. The van der Waals surface area contributed by atoms with Crippen molar-refractivity contribution in [3.8, 4) is 44.5 Å². The van der Waals surface area contributed by atoms with Gasteiger partial charge in [-0.1, -0.05) is 42.5 Å². The number of alkyl halides is 2. The number of para-hydroxylation sites is 1. The first-order chi connectivity index (χ1) is 68.1. The number of pyridine rings is 7. The summed E-state index contributed by atoms with van der Waals surface area (Å²) in [5, 5.41) is 53.4. The second-order valence-electron chi connectivity index (χ2n) is 36.7. The lowest BCUT2D eigenvalue weighted by atomic mass is 10.0. The molecule has 31 nitrogen and oxygen atoms in total. The number of nitrogens with one attached hydrogen (secondary N) is 8. The molecule has 0 aliphatic carbocycles. The number of amides is 4. The van der Waals surface area contributed by atoms with Crippen molar-refractivity contribution >= 4 is 119 Å². The number of hydrogen-bond donors (Lipinski definition) is 9. The lowest BCUT2D eigenvalue weighted by Gasteiger charge is -2.31. The van der Waals surface area contributed by atoms with E-state index in [9.17, 15) is 33.1 Å². The molecule has 11 aromatic heterocycles. The Morgan fingerprint density at radius 2 is 0.626 bits per heavy atom. The number of likely N-dealkylation sites (tertiary alicyclic amines) is 2. The van der Waals surface area contributed by atoms with Crippen molar-refractivity contribution in [3.05, 3.63) is 266 Å². The Balaban J connectivity index is 0.000000114. The largest absolute Gasteiger partial charge is 0.393 e. The van der Waals surface area contributed by atoms with E-state index in [1.807, 2.05) is 188 Å². The van der Waals surface area contributed by atoms with E-state index in [0.29, 0.717) is 64.9 Å². The van der Waals surface area contributed by atoms with Crippen LogP contribution in [-0.4, -0.2) is 218 Å². The zero-order chi connectivity index (χ0) is 94.6. The van der Waals surface area contributed by atoms with Crippen molar-refractivity contribution < 1.29 is 33.1 Å². The van der Waals surface area contributed by atoms with E-state index in [0.717, 1.165) is 226 Å². The Kier molecular flexibility index (Phi) is 27.7. The molecular weight excluding hydrogens is 1760 g/mol. The number of H-pyrrole nitrogens is 4. The van der Waals surface area contributed by atoms with Crippen molar-refractivity contribution in [1.29, 1.82) is 0 Å². The summed E-state index contributed by atoms with van der Waals surface area (Å²) in [5.74, 6) is -0.826. The Labute approximate surface area is 802 Å². The molecule has 708 valence electrons. The minimum atomic E-state index is -2.56. The maximum absolute atomic E-state index is 13.5. The van der Waals surface area contributed by atoms with Gasteiger partial charge in [0.2, 0.25) is 0 Å². The summed E-state index contributed by atoms with van der Waals surface area (Å²) < 4.78 is 27.0. The molecule has 9 N–H and O–H groups in total. The molecule has 18 heterocycles. The minimum Gasteiger partial charge on any atom is -0.393 e. The van der Waals surface area contributed by atoms with Gasteiger partial charge in [-0.3, -0.25) is 69.3 Å². The zero-order valence-electron chi connectivity index (χ0n) is 77.3. The highest BCUT2D eigenvalue weighted by molar-refractivity contribution is 6.15. The Hall–Kier alpha value is -15.4. The van der Waals surface area contributed by atoms with E-state index in [2.05, 4.69) is 145 Å². The molecule has 7 aliphatic rings. The normalized spacial score (nSPS) is 16.3. The fraction of sp³-hybridized carbons (Fsp3) is 0.311. The van der Waals surface area contributed by atoms with Crippen LogP contribution < -0.4 is 45.8 Å². The average Bonchev–Trinajstić information content (AvgIpc) is 1.69. The lowest BCUT2D eigenvalue weighted by Crippen LogP contribution is -2.38. The maximum atomic E-state index is 13.5. The third kappa shape index (κ3) is 22.0. The van der Waals surface area contributed by atoms with Gasteiger partial charge in [0.15, 0.2) is 22.8 Å². The van der Waals surface area contributed by atoms with Gasteiger partial charge in [-0.25, -0.2) is 23.7 Å². The zero-order valence-corrected chi connectivity index (χ0v) is 77.3. The number of aromatic nitrogens is 15. The summed E-state index contributed by atoms with van der Waals surface area (Å²) >= 11 is 0. The SMILES string of the molecule is O=C(Nc1ccc(N2CCCC2)nc1)c1n[nH]c2ccc(-c3cncc(CN4CCC(F)(F)CC4)c3)cc12.O=C(Nc1ccc(N2CCCC2)nc1)c1n[nH]c2ccc(-c3cncc(N4CCCC4)c3)cc12.O=C(Nc1ccc(N2CCCC2)nc1)c1n[nH]c2ccc(-c3cncc(N4CCCCC4)c3)cc12.O=C(Nc1ccccc1)c1n[nH]c2ccc(-c3cncc(CN4CCC(O)CC4)c3)cc12. The van der Waals surface area contributed by atoms with Gasteiger partial charge in [0.1, 0.15) is 17.5 Å². The Morgan fingerprint density at radius 3 is 0.964 bits per heavy atom. The van der Waals surface area contributed by atoms with Gasteiger partial charge < -0.3 is 50.9 Å². The summed E-state index contributed by atoms with van der Waals surface area (Å²) in [5.41, 5.74) is 19.5. The van der Waals surface area contributed by atoms with Crippen LogP contribution in [0.1, 0.15) is 149 Å². The number of rotatable bonds is 21. The van der Waals surface area contributed by atoms with E-state index in [4.69, 9.17) is 0 Å². The molecule has 0 unspecified atom stereocenters. The number of carbonyl (C=O) groups is 4. The summed E-state index contributed by atoms with van der Waals surface area (Å²) in [6, 6.07) is 53.1. The fourth-order valence-electron chi connectivity index (χ4n) is 19.3. The molecule has 0 bridgehead atoms. The van der Waals surface area contributed by atoms with Gasteiger partial charge in [-0.15, -0.1) is 0 Å². The smallest absolute Gasteiger partial charge is 0.276 e. The minimum absolute atomic E-state index is 0.110. The molecule has 16 aromatic rings. The highest BCUT2D eigenvalue weighted by Gasteiger charge is 2.35. The number of benzene rings is 5. The van der Waals surface area contributed by atoms with E-state index >= 15 is 0 Å². The predicted molar refractivity (Wildman–Crippen MR) is 540 cm³/mol. The summed E-state index contributed by atoms with van der Waals surface area (Å²) in [6.07, 6.45) is 34.6. The second kappa shape index (κ2) is 42.1. The maximum Gasteiger partial charge on any atom is 0.276 e. The molecule has 0 atom stereocenters. The van der Waals surface area contributed by atoms with Crippen LogP contribution in [0.5, 0.6) is 0 Å². The number of aliphatic hydroxyl groups excluding tert-OH is 1. The van der Waals surface area contributed by atoms with Crippen LogP contribution in [0.25, 0.3) is 88.1 Å². The van der Waals surface area contributed by atoms with Crippen LogP contribution in [0.15, 0.2) is 232 Å². The molecular formula is C106H110F2N26O5.